The van der Waals surface area contributed by atoms with Crippen molar-refractivity contribution in [2.24, 2.45) is 10.7 Å². The Morgan fingerprint density at radius 2 is 1.91 bits per heavy atom. The zero-order chi connectivity index (χ0) is 15.3. The minimum absolute atomic E-state index is 0. The van der Waals surface area contributed by atoms with Crippen molar-refractivity contribution in [2.75, 3.05) is 0 Å². The maximum atomic E-state index is 5.84. The van der Waals surface area contributed by atoms with Crippen LogP contribution in [-0.4, -0.2) is 21.3 Å². The van der Waals surface area contributed by atoms with E-state index < -0.39 is 0 Å². The molecule has 120 valence electrons. The van der Waals surface area contributed by atoms with Gasteiger partial charge in [-0.05, 0) is 32.4 Å². The summed E-state index contributed by atoms with van der Waals surface area (Å²) in [7, 11) is 0. The number of aliphatic imine (C=N–C) groups is 1. The second kappa shape index (κ2) is 8.17. The number of hydrogen-bond acceptors (Lipinski definition) is 2. The van der Waals surface area contributed by atoms with E-state index in [0.717, 1.165) is 12.2 Å². The molecule has 2 rings (SSSR count). The molecule has 6 heteroatoms. The van der Waals surface area contributed by atoms with Crippen LogP contribution in [0.4, 0.5) is 0 Å². The third-order valence-corrected chi connectivity index (χ3v) is 2.80. The summed E-state index contributed by atoms with van der Waals surface area (Å²) in [4.78, 5) is 4.31. The SMILES string of the molecule is CC(C)(C)NC(N)=NCc1ccn(Cc2ccccc2)n1.I. The molecule has 1 aromatic heterocycles. The van der Waals surface area contributed by atoms with Crippen LogP contribution in [0.2, 0.25) is 0 Å². The highest BCUT2D eigenvalue weighted by molar-refractivity contribution is 14.0. The highest BCUT2D eigenvalue weighted by atomic mass is 127. The van der Waals surface area contributed by atoms with E-state index in [1.165, 1.54) is 5.56 Å². The van der Waals surface area contributed by atoms with Crippen LogP contribution in [0.25, 0.3) is 0 Å². The zero-order valence-electron chi connectivity index (χ0n) is 13.3. The van der Waals surface area contributed by atoms with E-state index in [9.17, 15) is 0 Å². The predicted octanol–water partition coefficient (Wildman–Crippen LogP) is 2.75. The van der Waals surface area contributed by atoms with Crippen molar-refractivity contribution in [2.45, 2.75) is 39.4 Å². The lowest BCUT2D eigenvalue weighted by molar-refractivity contribution is 0.508. The van der Waals surface area contributed by atoms with Crippen LogP contribution in [0, 0.1) is 0 Å². The van der Waals surface area contributed by atoms with Gasteiger partial charge in [0.1, 0.15) is 0 Å². The normalized spacial score (nSPS) is 11.9. The standard InChI is InChI=1S/C16H23N5.HI/c1-16(2,3)19-15(17)18-11-14-9-10-21(20-14)12-13-7-5-4-6-8-13;/h4-10H,11-12H2,1-3H3,(H3,17,18,19);1H. The van der Waals surface area contributed by atoms with Gasteiger partial charge in [-0.25, -0.2) is 4.99 Å². The molecule has 0 saturated heterocycles. The monoisotopic (exact) mass is 413 g/mol. The maximum Gasteiger partial charge on any atom is 0.189 e. The molecule has 1 aromatic carbocycles. The van der Waals surface area contributed by atoms with Gasteiger partial charge in [0.15, 0.2) is 5.96 Å². The molecule has 0 spiro atoms. The van der Waals surface area contributed by atoms with Gasteiger partial charge >= 0.3 is 0 Å². The molecule has 2 aromatic rings. The fourth-order valence-corrected chi connectivity index (χ4v) is 1.94. The van der Waals surface area contributed by atoms with E-state index in [0.29, 0.717) is 12.5 Å². The molecule has 5 nitrogen and oxygen atoms in total. The Morgan fingerprint density at radius 1 is 1.23 bits per heavy atom. The van der Waals surface area contributed by atoms with Crippen LogP contribution in [-0.2, 0) is 13.1 Å². The number of guanidine groups is 1. The molecule has 0 bridgehead atoms. The van der Waals surface area contributed by atoms with Crippen molar-refractivity contribution < 1.29 is 0 Å². The van der Waals surface area contributed by atoms with E-state index in [2.05, 4.69) is 27.5 Å². The Bertz CT molecular complexity index is 598. The maximum absolute atomic E-state index is 5.84. The van der Waals surface area contributed by atoms with Gasteiger partial charge < -0.3 is 11.1 Å². The fraction of sp³-hybridized carbons (Fsp3) is 0.375. The topological polar surface area (TPSA) is 68.2 Å². The molecular formula is C16H24IN5. The highest BCUT2D eigenvalue weighted by Crippen LogP contribution is 2.04. The van der Waals surface area contributed by atoms with E-state index >= 15 is 0 Å². The molecule has 0 aliphatic heterocycles. The van der Waals surface area contributed by atoms with Gasteiger partial charge in [-0.15, -0.1) is 24.0 Å². The minimum atomic E-state index is -0.0831. The fourth-order valence-electron chi connectivity index (χ4n) is 1.94. The number of halogens is 1. The van der Waals surface area contributed by atoms with Crippen molar-refractivity contribution in [1.82, 2.24) is 15.1 Å². The first-order chi connectivity index (χ1) is 9.92. The number of nitrogens with two attached hydrogens (primary N) is 1. The first-order valence-electron chi connectivity index (χ1n) is 7.07. The summed E-state index contributed by atoms with van der Waals surface area (Å²) in [5.41, 5.74) is 7.89. The van der Waals surface area contributed by atoms with Gasteiger partial charge in [0.2, 0.25) is 0 Å². The van der Waals surface area contributed by atoms with Crippen molar-refractivity contribution in [3.05, 3.63) is 53.9 Å². The summed E-state index contributed by atoms with van der Waals surface area (Å²) in [6.07, 6.45) is 1.96. The first kappa shape index (κ1) is 18.5. The summed E-state index contributed by atoms with van der Waals surface area (Å²) >= 11 is 0. The Morgan fingerprint density at radius 3 is 2.55 bits per heavy atom. The van der Waals surface area contributed by atoms with Gasteiger partial charge in [0.25, 0.3) is 0 Å². The van der Waals surface area contributed by atoms with Crippen LogP contribution in [0.15, 0.2) is 47.6 Å². The molecule has 0 atom stereocenters. The number of benzene rings is 1. The van der Waals surface area contributed by atoms with Crippen molar-refractivity contribution in [1.29, 1.82) is 0 Å². The Hall–Kier alpha value is -1.57. The Balaban J connectivity index is 0.00000242. The van der Waals surface area contributed by atoms with Crippen LogP contribution in [0.5, 0.6) is 0 Å². The lowest BCUT2D eigenvalue weighted by Crippen LogP contribution is -2.44. The van der Waals surface area contributed by atoms with Crippen LogP contribution in [0.1, 0.15) is 32.0 Å². The molecule has 3 N–H and O–H groups in total. The molecule has 0 fully saturated rings. The summed E-state index contributed by atoms with van der Waals surface area (Å²) in [5, 5.41) is 7.63. The largest absolute Gasteiger partial charge is 0.370 e. The summed E-state index contributed by atoms with van der Waals surface area (Å²) < 4.78 is 1.91. The molecule has 0 radical (unpaired) electrons. The lowest BCUT2D eigenvalue weighted by atomic mass is 10.1. The van der Waals surface area contributed by atoms with E-state index in [-0.39, 0.29) is 29.5 Å². The average Bonchev–Trinajstić information content (AvgIpc) is 2.83. The number of hydrogen-bond donors (Lipinski definition) is 2. The van der Waals surface area contributed by atoms with Gasteiger partial charge in [0.05, 0.1) is 18.8 Å². The van der Waals surface area contributed by atoms with E-state index in [1.54, 1.807) is 0 Å². The third kappa shape index (κ3) is 6.46. The minimum Gasteiger partial charge on any atom is -0.370 e. The second-order valence-electron chi connectivity index (χ2n) is 6.07. The van der Waals surface area contributed by atoms with E-state index in [1.807, 2.05) is 55.9 Å². The summed E-state index contributed by atoms with van der Waals surface area (Å²) in [6, 6.07) is 12.2. The average molecular weight is 413 g/mol. The molecule has 1 heterocycles. The quantitative estimate of drug-likeness (QED) is 0.460. The lowest BCUT2D eigenvalue weighted by Gasteiger charge is -2.20. The van der Waals surface area contributed by atoms with Gasteiger partial charge in [-0.1, -0.05) is 30.3 Å². The van der Waals surface area contributed by atoms with Crippen molar-refractivity contribution in [3.63, 3.8) is 0 Å². The Labute approximate surface area is 149 Å². The van der Waals surface area contributed by atoms with Crippen molar-refractivity contribution >= 4 is 29.9 Å². The van der Waals surface area contributed by atoms with Crippen LogP contribution in [0.3, 0.4) is 0 Å². The van der Waals surface area contributed by atoms with Crippen LogP contribution < -0.4 is 11.1 Å². The third-order valence-electron chi connectivity index (χ3n) is 2.80. The zero-order valence-corrected chi connectivity index (χ0v) is 15.6. The predicted molar refractivity (Wildman–Crippen MR) is 101 cm³/mol. The van der Waals surface area contributed by atoms with Gasteiger partial charge in [-0.3, -0.25) is 4.68 Å². The smallest absolute Gasteiger partial charge is 0.189 e. The first-order valence-corrected chi connectivity index (χ1v) is 7.07. The molecule has 0 aliphatic rings. The van der Waals surface area contributed by atoms with Crippen LogP contribution >= 0.6 is 24.0 Å². The van der Waals surface area contributed by atoms with Gasteiger partial charge in [0, 0.05) is 11.7 Å². The number of nitrogens with zero attached hydrogens (tertiary/aromatic N) is 3. The molecule has 22 heavy (non-hydrogen) atoms. The summed E-state index contributed by atoms with van der Waals surface area (Å²) in [6.45, 7) is 7.38. The number of aromatic nitrogens is 2. The summed E-state index contributed by atoms with van der Waals surface area (Å²) in [5.74, 6) is 0.445. The second-order valence-corrected chi connectivity index (χ2v) is 6.07. The number of rotatable bonds is 4. The Kier molecular flexibility index (Phi) is 6.86. The highest BCUT2D eigenvalue weighted by Gasteiger charge is 2.09. The van der Waals surface area contributed by atoms with E-state index in [4.69, 9.17) is 5.73 Å². The molecular weight excluding hydrogens is 389 g/mol. The molecule has 0 saturated carbocycles. The number of nitrogens with one attached hydrogen (secondary N) is 1. The molecule has 0 unspecified atom stereocenters. The van der Waals surface area contributed by atoms with Gasteiger partial charge in [-0.2, -0.15) is 5.10 Å². The van der Waals surface area contributed by atoms with Crippen molar-refractivity contribution in [3.8, 4) is 0 Å². The molecule has 0 amide bonds. The molecule has 0 aliphatic carbocycles.